The lowest BCUT2D eigenvalue weighted by Crippen LogP contribution is -2.15. The fraction of sp³-hybridized carbons (Fsp3) is 0.154. The van der Waals surface area contributed by atoms with Crippen LogP contribution >= 0.6 is 0 Å². The van der Waals surface area contributed by atoms with Crippen molar-refractivity contribution in [1.29, 1.82) is 0 Å². The smallest absolute Gasteiger partial charge is 0.234 e. The van der Waals surface area contributed by atoms with Gasteiger partial charge in [-0.1, -0.05) is 24.8 Å². The average Bonchev–Trinajstić information content (AvgIpc) is 2.38. The van der Waals surface area contributed by atoms with Gasteiger partial charge in [-0.15, -0.1) is 0 Å². The topological polar surface area (TPSA) is 67.9 Å². The van der Waals surface area contributed by atoms with Crippen LogP contribution in [0.4, 0.5) is 17.6 Å². The van der Waals surface area contributed by atoms with Crippen LogP contribution in [0, 0.1) is 0 Å². The fourth-order valence-corrected chi connectivity index (χ4v) is 1.49. The van der Waals surface area contributed by atoms with Gasteiger partial charge in [-0.05, 0) is 24.6 Å². The van der Waals surface area contributed by atoms with Crippen molar-refractivity contribution in [1.82, 2.24) is 15.0 Å². The van der Waals surface area contributed by atoms with Crippen LogP contribution in [0.5, 0.6) is 0 Å². The first-order chi connectivity index (χ1) is 8.58. The number of nitrogens with zero attached hydrogens (tertiary/aromatic N) is 4. The van der Waals surface area contributed by atoms with E-state index in [1.165, 1.54) is 0 Å². The standard InChI is InChI=1S/C13H15N5/c1-9(2)11-15-12(14)17-13(16-11)18(3)10-7-5-4-6-8-10/h4-8H,1H2,2-3H3,(H2,14,15,16,17). The average molecular weight is 241 g/mol. The number of rotatable bonds is 3. The molecule has 1 aromatic heterocycles. The lowest BCUT2D eigenvalue weighted by molar-refractivity contribution is 0.976. The Hall–Kier alpha value is -2.43. The van der Waals surface area contributed by atoms with Crippen molar-refractivity contribution in [3.8, 4) is 0 Å². The van der Waals surface area contributed by atoms with Crippen LogP contribution in [0.1, 0.15) is 12.7 Å². The summed E-state index contributed by atoms with van der Waals surface area (Å²) in [6.45, 7) is 5.65. The molecule has 0 bridgehead atoms. The Balaban J connectivity index is 2.42. The maximum atomic E-state index is 5.68. The van der Waals surface area contributed by atoms with Gasteiger partial charge in [0.15, 0.2) is 5.82 Å². The summed E-state index contributed by atoms with van der Waals surface area (Å²) in [6, 6.07) is 9.81. The van der Waals surface area contributed by atoms with Gasteiger partial charge in [-0.2, -0.15) is 15.0 Å². The molecule has 0 saturated carbocycles. The summed E-state index contributed by atoms with van der Waals surface area (Å²) >= 11 is 0. The predicted octanol–water partition coefficient (Wildman–Crippen LogP) is 2.25. The molecule has 1 heterocycles. The molecular formula is C13H15N5. The second-order valence-electron chi connectivity index (χ2n) is 3.99. The number of aromatic nitrogens is 3. The van der Waals surface area contributed by atoms with Crippen molar-refractivity contribution in [2.45, 2.75) is 6.92 Å². The quantitative estimate of drug-likeness (QED) is 0.892. The van der Waals surface area contributed by atoms with Crippen LogP contribution in [0.15, 0.2) is 36.9 Å². The molecule has 18 heavy (non-hydrogen) atoms. The molecule has 92 valence electrons. The summed E-state index contributed by atoms with van der Waals surface area (Å²) in [5.74, 6) is 1.22. The molecule has 0 saturated heterocycles. The van der Waals surface area contributed by atoms with E-state index < -0.39 is 0 Å². The van der Waals surface area contributed by atoms with Crippen LogP contribution in [-0.2, 0) is 0 Å². The highest BCUT2D eigenvalue weighted by molar-refractivity contribution is 5.60. The molecule has 0 aliphatic rings. The zero-order valence-electron chi connectivity index (χ0n) is 10.5. The lowest BCUT2D eigenvalue weighted by Gasteiger charge is -2.17. The Labute approximate surface area is 106 Å². The zero-order valence-corrected chi connectivity index (χ0v) is 10.5. The van der Waals surface area contributed by atoms with Crippen molar-refractivity contribution in [2.24, 2.45) is 0 Å². The molecule has 0 aliphatic heterocycles. The number of nitrogen functional groups attached to an aromatic ring is 1. The van der Waals surface area contributed by atoms with Gasteiger partial charge in [0.2, 0.25) is 11.9 Å². The van der Waals surface area contributed by atoms with Gasteiger partial charge < -0.3 is 10.6 Å². The Kier molecular flexibility index (Phi) is 3.23. The van der Waals surface area contributed by atoms with Gasteiger partial charge in [0, 0.05) is 12.7 Å². The molecule has 0 amide bonds. The highest BCUT2D eigenvalue weighted by atomic mass is 15.3. The Morgan fingerprint density at radius 2 is 1.83 bits per heavy atom. The molecule has 0 unspecified atom stereocenters. The molecule has 5 heteroatoms. The molecule has 0 radical (unpaired) electrons. The van der Waals surface area contributed by atoms with Crippen LogP contribution < -0.4 is 10.6 Å². The van der Waals surface area contributed by atoms with Crippen molar-refractivity contribution >= 4 is 23.2 Å². The lowest BCUT2D eigenvalue weighted by atomic mass is 10.3. The van der Waals surface area contributed by atoms with E-state index in [1.807, 2.05) is 49.2 Å². The number of benzene rings is 1. The van der Waals surface area contributed by atoms with Gasteiger partial charge in [-0.3, -0.25) is 0 Å². The third kappa shape index (κ3) is 2.45. The first-order valence-electron chi connectivity index (χ1n) is 5.54. The molecule has 2 aromatic rings. The number of nitrogens with two attached hydrogens (primary N) is 1. The monoisotopic (exact) mass is 241 g/mol. The van der Waals surface area contributed by atoms with Crippen molar-refractivity contribution in [3.05, 3.63) is 42.7 Å². The summed E-state index contributed by atoms with van der Waals surface area (Å²) in [7, 11) is 1.88. The number of hydrogen-bond donors (Lipinski definition) is 1. The third-order valence-electron chi connectivity index (χ3n) is 2.47. The second kappa shape index (κ2) is 4.83. The number of para-hydroxylation sites is 1. The Morgan fingerprint density at radius 1 is 1.17 bits per heavy atom. The van der Waals surface area contributed by atoms with Crippen LogP contribution in [-0.4, -0.2) is 22.0 Å². The first-order valence-corrected chi connectivity index (χ1v) is 5.54. The molecule has 5 nitrogen and oxygen atoms in total. The van der Waals surface area contributed by atoms with E-state index in [0.29, 0.717) is 11.8 Å². The minimum Gasteiger partial charge on any atom is -0.368 e. The summed E-state index contributed by atoms with van der Waals surface area (Å²) in [6.07, 6.45) is 0. The summed E-state index contributed by atoms with van der Waals surface area (Å²) < 4.78 is 0. The molecule has 2 rings (SSSR count). The second-order valence-corrected chi connectivity index (χ2v) is 3.99. The third-order valence-corrected chi connectivity index (χ3v) is 2.47. The van der Waals surface area contributed by atoms with Gasteiger partial charge in [0.1, 0.15) is 0 Å². The summed E-state index contributed by atoms with van der Waals surface area (Å²) in [5, 5.41) is 0. The molecule has 0 atom stereocenters. The van der Waals surface area contributed by atoms with E-state index in [-0.39, 0.29) is 5.95 Å². The molecule has 0 fully saturated rings. The van der Waals surface area contributed by atoms with E-state index in [1.54, 1.807) is 0 Å². The molecule has 2 N–H and O–H groups in total. The predicted molar refractivity (Wildman–Crippen MR) is 73.5 cm³/mol. The summed E-state index contributed by atoms with van der Waals surface area (Å²) in [4.78, 5) is 14.4. The van der Waals surface area contributed by atoms with Crippen molar-refractivity contribution in [2.75, 3.05) is 17.7 Å². The highest BCUT2D eigenvalue weighted by Gasteiger charge is 2.10. The highest BCUT2D eigenvalue weighted by Crippen LogP contribution is 2.20. The van der Waals surface area contributed by atoms with E-state index in [4.69, 9.17) is 5.73 Å². The first kappa shape index (κ1) is 12.0. The Morgan fingerprint density at radius 3 is 2.44 bits per heavy atom. The van der Waals surface area contributed by atoms with Crippen LogP contribution in [0.25, 0.3) is 5.57 Å². The molecule has 1 aromatic carbocycles. The zero-order chi connectivity index (χ0) is 13.1. The minimum absolute atomic E-state index is 0.195. The summed E-state index contributed by atoms with van der Waals surface area (Å²) in [5.41, 5.74) is 7.42. The SMILES string of the molecule is C=C(C)c1nc(N)nc(N(C)c2ccccc2)n1. The molecule has 0 aliphatic carbocycles. The van der Waals surface area contributed by atoms with E-state index in [9.17, 15) is 0 Å². The minimum atomic E-state index is 0.195. The van der Waals surface area contributed by atoms with Gasteiger partial charge in [-0.25, -0.2) is 0 Å². The number of allylic oxidation sites excluding steroid dienone is 1. The molecule has 0 spiro atoms. The van der Waals surface area contributed by atoms with E-state index in [2.05, 4.69) is 21.5 Å². The maximum absolute atomic E-state index is 5.68. The largest absolute Gasteiger partial charge is 0.368 e. The number of hydrogen-bond acceptors (Lipinski definition) is 5. The van der Waals surface area contributed by atoms with Gasteiger partial charge >= 0.3 is 0 Å². The van der Waals surface area contributed by atoms with Gasteiger partial charge in [0.25, 0.3) is 0 Å². The van der Waals surface area contributed by atoms with Crippen molar-refractivity contribution in [3.63, 3.8) is 0 Å². The van der Waals surface area contributed by atoms with E-state index in [0.717, 1.165) is 11.3 Å². The van der Waals surface area contributed by atoms with Crippen molar-refractivity contribution < 1.29 is 0 Å². The van der Waals surface area contributed by atoms with Crippen LogP contribution in [0.2, 0.25) is 0 Å². The fourth-order valence-electron chi connectivity index (χ4n) is 1.49. The van der Waals surface area contributed by atoms with E-state index >= 15 is 0 Å². The Bertz CT molecular complexity index is 565. The maximum Gasteiger partial charge on any atom is 0.234 e. The normalized spacial score (nSPS) is 10.1. The van der Waals surface area contributed by atoms with Gasteiger partial charge in [0.05, 0.1) is 0 Å². The molecular weight excluding hydrogens is 226 g/mol. The number of anilines is 3. The van der Waals surface area contributed by atoms with Crippen LogP contribution in [0.3, 0.4) is 0 Å².